The van der Waals surface area contributed by atoms with E-state index >= 15 is 0 Å². The fourth-order valence-corrected chi connectivity index (χ4v) is 2.56. The van der Waals surface area contributed by atoms with Crippen molar-refractivity contribution >= 4 is 29.1 Å². The van der Waals surface area contributed by atoms with E-state index in [1.165, 1.54) is 6.20 Å². The zero-order chi connectivity index (χ0) is 16.3. The molecule has 6 heteroatoms. The van der Waals surface area contributed by atoms with Gasteiger partial charge in [-0.05, 0) is 37.8 Å². The van der Waals surface area contributed by atoms with Gasteiger partial charge in [0, 0.05) is 11.7 Å². The standard InChI is InChI=1S/C15H22ClN3O2/c1-14(2,3)9-15(4,5)19-13(21)12(20)18-10-7-6-8-17-11(10)16/h6-8H,9H2,1-5H3,(H,18,20)(H,19,21). The molecule has 1 heterocycles. The number of pyridine rings is 1. The molecule has 0 bridgehead atoms. The number of carbonyl (C=O) groups excluding carboxylic acids is 2. The fraction of sp³-hybridized carbons (Fsp3) is 0.533. The number of carbonyl (C=O) groups is 2. The first kappa shape index (κ1) is 17.4. The van der Waals surface area contributed by atoms with Crippen LogP contribution in [0, 0.1) is 5.41 Å². The highest BCUT2D eigenvalue weighted by atomic mass is 35.5. The lowest BCUT2D eigenvalue weighted by atomic mass is 9.82. The maximum Gasteiger partial charge on any atom is 0.313 e. The molecular weight excluding hydrogens is 290 g/mol. The molecule has 0 atom stereocenters. The van der Waals surface area contributed by atoms with Gasteiger partial charge in [-0.3, -0.25) is 9.59 Å². The quantitative estimate of drug-likeness (QED) is 0.666. The predicted octanol–water partition coefficient (Wildman–Crippen LogP) is 3.00. The van der Waals surface area contributed by atoms with Gasteiger partial charge < -0.3 is 10.6 Å². The summed E-state index contributed by atoms with van der Waals surface area (Å²) in [5.74, 6) is -1.45. The van der Waals surface area contributed by atoms with E-state index in [9.17, 15) is 9.59 Å². The summed E-state index contributed by atoms with van der Waals surface area (Å²) in [6.45, 7) is 10.0. The van der Waals surface area contributed by atoms with Gasteiger partial charge in [0.1, 0.15) is 0 Å². The Labute approximate surface area is 130 Å². The van der Waals surface area contributed by atoms with Crippen LogP contribution in [0.1, 0.15) is 41.0 Å². The number of rotatable bonds is 3. The van der Waals surface area contributed by atoms with Crippen LogP contribution in [0.4, 0.5) is 5.69 Å². The Kier molecular flexibility index (Phi) is 5.34. The van der Waals surface area contributed by atoms with Crippen molar-refractivity contribution in [3.05, 3.63) is 23.5 Å². The molecule has 21 heavy (non-hydrogen) atoms. The molecular formula is C15H22ClN3O2. The Balaban J connectivity index is 2.67. The smallest absolute Gasteiger partial charge is 0.313 e. The van der Waals surface area contributed by atoms with Gasteiger partial charge in [-0.25, -0.2) is 4.98 Å². The normalized spacial score (nSPS) is 11.9. The molecule has 0 aliphatic heterocycles. The Morgan fingerprint density at radius 2 is 1.81 bits per heavy atom. The average molecular weight is 312 g/mol. The molecule has 1 rings (SSSR count). The topological polar surface area (TPSA) is 71.1 Å². The SMILES string of the molecule is CC(C)(C)CC(C)(C)NC(=O)C(=O)Nc1cccnc1Cl. The third kappa shape index (κ3) is 6.12. The molecule has 0 spiro atoms. The van der Waals surface area contributed by atoms with Crippen LogP contribution >= 0.6 is 11.6 Å². The molecule has 116 valence electrons. The number of halogens is 1. The molecule has 0 unspecified atom stereocenters. The second-order valence-electron chi connectivity index (χ2n) is 6.87. The molecule has 2 N–H and O–H groups in total. The van der Waals surface area contributed by atoms with Crippen LogP contribution in [0.5, 0.6) is 0 Å². The highest BCUT2D eigenvalue weighted by Gasteiger charge is 2.29. The molecule has 1 aromatic rings. The van der Waals surface area contributed by atoms with Crippen LogP contribution < -0.4 is 10.6 Å². The number of nitrogens with one attached hydrogen (secondary N) is 2. The number of hydrogen-bond donors (Lipinski definition) is 2. The molecule has 0 saturated carbocycles. The number of amides is 2. The third-order valence-corrected chi connectivity index (χ3v) is 2.94. The number of nitrogens with zero attached hydrogens (tertiary/aromatic N) is 1. The molecule has 0 aliphatic rings. The predicted molar refractivity (Wildman–Crippen MR) is 84.2 cm³/mol. The maximum absolute atomic E-state index is 12.0. The van der Waals surface area contributed by atoms with Crippen molar-refractivity contribution in [2.75, 3.05) is 5.32 Å². The first-order valence-corrected chi connectivity index (χ1v) is 7.12. The highest BCUT2D eigenvalue weighted by Crippen LogP contribution is 2.26. The highest BCUT2D eigenvalue weighted by molar-refractivity contribution is 6.41. The van der Waals surface area contributed by atoms with Gasteiger partial charge in [0.15, 0.2) is 5.15 Å². The van der Waals surface area contributed by atoms with Crippen LogP contribution in [0.3, 0.4) is 0 Å². The van der Waals surface area contributed by atoms with Gasteiger partial charge >= 0.3 is 11.8 Å². The summed E-state index contributed by atoms with van der Waals surface area (Å²) >= 11 is 5.84. The number of anilines is 1. The van der Waals surface area contributed by atoms with Gasteiger partial charge in [-0.15, -0.1) is 0 Å². The third-order valence-electron chi connectivity index (χ3n) is 2.64. The lowest BCUT2D eigenvalue weighted by Crippen LogP contribution is -2.49. The van der Waals surface area contributed by atoms with Crippen molar-refractivity contribution in [2.45, 2.75) is 46.6 Å². The van der Waals surface area contributed by atoms with Gasteiger partial charge in [0.25, 0.3) is 0 Å². The summed E-state index contributed by atoms with van der Waals surface area (Å²) in [6.07, 6.45) is 2.25. The van der Waals surface area contributed by atoms with E-state index in [4.69, 9.17) is 11.6 Å². The van der Waals surface area contributed by atoms with Crippen molar-refractivity contribution < 1.29 is 9.59 Å². The average Bonchev–Trinajstić information content (AvgIpc) is 2.28. The summed E-state index contributed by atoms with van der Waals surface area (Å²) in [5, 5.41) is 5.33. The minimum Gasteiger partial charge on any atom is -0.343 e. The van der Waals surface area contributed by atoms with Gasteiger partial charge in [-0.1, -0.05) is 32.4 Å². The molecule has 1 aromatic heterocycles. The summed E-state index contributed by atoms with van der Waals surface area (Å²) in [7, 11) is 0. The Hall–Kier alpha value is -1.62. The molecule has 0 radical (unpaired) electrons. The fourth-order valence-electron chi connectivity index (χ4n) is 2.39. The summed E-state index contributed by atoms with van der Waals surface area (Å²) < 4.78 is 0. The van der Waals surface area contributed by atoms with E-state index < -0.39 is 17.4 Å². The van der Waals surface area contributed by atoms with Crippen LogP contribution in [0.25, 0.3) is 0 Å². The van der Waals surface area contributed by atoms with E-state index in [1.54, 1.807) is 12.1 Å². The largest absolute Gasteiger partial charge is 0.343 e. The van der Waals surface area contributed by atoms with Crippen LogP contribution in [0.15, 0.2) is 18.3 Å². The van der Waals surface area contributed by atoms with Gasteiger partial charge in [0.2, 0.25) is 0 Å². The van der Waals surface area contributed by atoms with E-state index in [1.807, 2.05) is 13.8 Å². The second-order valence-corrected chi connectivity index (χ2v) is 7.23. The Bertz CT molecular complexity index is 536. The zero-order valence-electron chi connectivity index (χ0n) is 13.1. The van der Waals surface area contributed by atoms with Crippen LogP contribution in [-0.4, -0.2) is 22.3 Å². The molecule has 0 saturated heterocycles. The Morgan fingerprint density at radius 1 is 1.19 bits per heavy atom. The summed E-state index contributed by atoms with van der Waals surface area (Å²) in [5.41, 5.74) is -0.126. The van der Waals surface area contributed by atoms with Crippen molar-refractivity contribution in [1.82, 2.24) is 10.3 Å². The minimum absolute atomic E-state index is 0.0416. The number of hydrogen-bond acceptors (Lipinski definition) is 3. The van der Waals surface area contributed by atoms with Crippen molar-refractivity contribution in [1.29, 1.82) is 0 Å². The molecule has 0 aliphatic carbocycles. The van der Waals surface area contributed by atoms with Crippen LogP contribution in [-0.2, 0) is 9.59 Å². The molecule has 5 nitrogen and oxygen atoms in total. The molecule has 0 fully saturated rings. The monoisotopic (exact) mass is 311 g/mol. The van der Waals surface area contributed by atoms with E-state index in [0.717, 1.165) is 6.42 Å². The molecule has 2 amide bonds. The van der Waals surface area contributed by atoms with Crippen molar-refractivity contribution in [2.24, 2.45) is 5.41 Å². The lowest BCUT2D eigenvalue weighted by molar-refractivity contribution is -0.137. The zero-order valence-corrected chi connectivity index (χ0v) is 13.8. The summed E-state index contributed by atoms with van der Waals surface area (Å²) in [6, 6.07) is 3.21. The van der Waals surface area contributed by atoms with Crippen molar-refractivity contribution in [3.63, 3.8) is 0 Å². The minimum atomic E-state index is -0.758. The van der Waals surface area contributed by atoms with E-state index in [0.29, 0.717) is 5.69 Å². The summed E-state index contributed by atoms with van der Waals surface area (Å²) in [4.78, 5) is 27.7. The maximum atomic E-state index is 12.0. The first-order valence-electron chi connectivity index (χ1n) is 6.74. The van der Waals surface area contributed by atoms with Crippen LogP contribution in [0.2, 0.25) is 5.15 Å². The van der Waals surface area contributed by atoms with Gasteiger partial charge in [-0.2, -0.15) is 0 Å². The van der Waals surface area contributed by atoms with Crippen molar-refractivity contribution in [3.8, 4) is 0 Å². The lowest BCUT2D eigenvalue weighted by Gasteiger charge is -2.33. The van der Waals surface area contributed by atoms with E-state index in [-0.39, 0.29) is 10.6 Å². The van der Waals surface area contributed by atoms with Gasteiger partial charge in [0.05, 0.1) is 5.69 Å². The molecule has 0 aromatic carbocycles. The number of aromatic nitrogens is 1. The Morgan fingerprint density at radius 3 is 2.33 bits per heavy atom. The first-order chi connectivity index (χ1) is 9.50. The second kappa shape index (κ2) is 6.43. The van der Waals surface area contributed by atoms with E-state index in [2.05, 4.69) is 36.4 Å².